The molecule has 1 heterocycles. The van der Waals surface area contributed by atoms with Crippen LogP contribution in [0.2, 0.25) is 0 Å². The fourth-order valence-electron chi connectivity index (χ4n) is 1.31. The third kappa shape index (κ3) is 1.35. The third-order valence-electron chi connectivity index (χ3n) is 2.28. The van der Waals surface area contributed by atoms with Crippen molar-refractivity contribution >= 4 is 17.0 Å². The van der Waals surface area contributed by atoms with Gasteiger partial charge in [-0.2, -0.15) is 0 Å². The summed E-state index contributed by atoms with van der Waals surface area (Å²) < 4.78 is 5.09. The van der Waals surface area contributed by atoms with E-state index in [0.29, 0.717) is 5.58 Å². The Kier molecular flexibility index (Phi) is 1.96. The Morgan fingerprint density at radius 3 is 3.07 bits per heavy atom. The van der Waals surface area contributed by atoms with Crippen molar-refractivity contribution in [3.05, 3.63) is 30.2 Å². The predicted octanol–water partition coefficient (Wildman–Crippen LogP) is 1.42. The van der Waals surface area contributed by atoms with Crippen LogP contribution in [0.1, 0.15) is 18.4 Å². The number of rotatable bonds is 2. The molecule has 2 aromatic rings. The second-order valence-corrected chi connectivity index (χ2v) is 3.20. The molecule has 2 rings (SSSR count). The van der Waals surface area contributed by atoms with Gasteiger partial charge < -0.3 is 10.2 Å². The van der Waals surface area contributed by atoms with Gasteiger partial charge in [-0.05, 0) is 24.6 Å². The first kappa shape index (κ1) is 8.74. The number of hydrogen-bond acceptors (Lipinski definition) is 3. The van der Waals surface area contributed by atoms with Gasteiger partial charge in [0.25, 0.3) is 0 Å². The van der Waals surface area contributed by atoms with Crippen LogP contribution in [0.15, 0.2) is 29.0 Å². The van der Waals surface area contributed by atoms with Gasteiger partial charge in [0.15, 0.2) is 12.0 Å². The van der Waals surface area contributed by atoms with Crippen LogP contribution in [0, 0.1) is 0 Å². The quantitative estimate of drug-likeness (QED) is 0.778. The Morgan fingerprint density at radius 1 is 1.57 bits per heavy atom. The summed E-state index contributed by atoms with van der Waals surface area (Å²) in [4.78, 5) is 15.0. The lowest BCUT2D eigenvalue weighted by molar-refractivity contribution is -0.119. The van der Waals surface area contributed by atoms with Gasteiger partial charge >= 0.3 is 0 Å². The SMILES string of the molecule is CC(C(N)=O)c1ccc2ocnc2c1. The molecule has 0 aliphatic carbocycles. The van der Waals surface area contributed by atoms with Crippen LogP contribution in [0.5, 0.6) is 0 Å². The molecular formula is C10H10N2O2. The van der Waals surface area contributed by atoms with Gasteiger partial charge in [-0.1, -0.05) is 6.07 Å². The van der Waals surface area contributed by atoms with E-state index in [4.69, 9.17) is 10.2 Å². The van der Waals surface area contributed by atoms with E-state index >= 15 is 0 Å². The number of aromatic nitrogens is 1. The topological polar surface area (TPSA) is 69.1 Å². The van der Waals surface area contributed by atoms with Gasteiger partial charge in [0.2, 0.25) is 5.91 Å². The van der Waals surface area contributed by atoms with Crippen molar-refractivity contribution in [2.24, 2.45) is 5.73 Å². The van der Waals surface area contributed by atoms with Crippen molar-refractivity contribution in [1.82, 2.24) is 4.98 Å². The standard InChI is InChI=1S/C10H10N2O2/c1-6(10(11)13)7-2-3-9-8(4-7)12-5-14-9/h2-6H,1H3,(H2,11,13). The molecule has 0 radical (unpaired) electrons. The fourth-order valence-corrected chi connectivity index (χ4v) is 1.31. The lowest BCUT2D eigenvalue weighted by atomic mass is 10.0. The number of amides is 1. The Morgan fingerprint density at radius 2 is 2.36 bits per heavy atom. The van der Waals surface area contributed by atoms with E-state index in [9.17, 15) is 4.79 Å². The van der Waals surface area contributed by atoms with Gasteiger partial charge in [0.05, 0.1) is 5.92 Å². The Labute approximate surface area is 80.7 Å². The first-order chi connectivity index (χ1) is 6.68. The molecule has 1 amide bonds. The van der Waals surface area contributed by atoms with E-state index in [1.807, 2.05) is 12.1 Å². The minimum atomic E-state index is -0.340. The highest BCUT2D eigenvalue weighted by atomic mass is 16.3. The summed E-state index contributed by atoms with van der Waals surface area (Å²) in [6.45, 7) is 1.77. The molecule has 0 spiro atoms. The van der Waals surface area contributed by atoms with Crippen LogP contribution in [0.3, 0.4) is 0 Å². The molecule has 0 saturated carbocycles. The van der Waals surface area contributed by atoms with Gasteiger partial charge in [-0.15, -0.1) is 0 Å². The molecule has 0 saturated heterocycles. The Bertz CT molecular complexity index is 476. The number of benzene rings is 1. The zero-order valence-corrected chi connectivity index (χ0v) is 7.73. The van der Waals surface area contributed by atoms with Gasteiger partial charge in [0.1, 0.15) is 5.52 Å². The number of carbonyl (C=O) groups is 1. The van der Waals surface area contributed by atoms with Crippen molar-refractivity contribution < 1.29 is 9.21 Å². The van der Waals surface area contributed by atoms with Gasteiger partial charge in [0, 0.05) is 0 Å². The summed E-state index contributed by atoms with van der Waals surface area (Å²) in [7, 11) is 0. The lowest BCUT2D eigenvalue weighted by Crippen LogP contribution is -2.18. The Balaban J connectivity index is 2.48. The zero-order chi connectivity index (χ0) is 10.1. The zero-order valence-electron chi connectivity index (χ0n) is 7.73. The average Bonchev–Trinajstić information content (AvgIpc) is 2.62. The van der Waals surface area contributed by atoms with Crippen molar-refractivity contribution in [2.45, 2.75) is 12.8 Å². The number of fused-ring (bicyclic) bond motifs is 1. The number of primary amides is 1. The molecule has 0 fully saturated rings. The first-order valence-corrected chi connectivity index (χ1v) is 4.31. The van der Waals surface area contributed by atoms with E-state index in [-0.39, 0.29) is 11.8 Å². The van der Waals surface area contributed by atoms with E-state index in [0.717, 1.165) is 11.1 Å². The van der Waals surface area contributed by atoms with Crippen molar-refractivity contribution in [3.8, 4) is 0 Å². The Hall–Kier alpha value is -1.84. The molecule has 2 N–H and O–H groups in total. The molecule has 1 unspecified atom stereocenters. The summed E-state index contributed by atoms with van der Waals surface area (Å²) in [6, 6.07) is 5.42. The number of carbonyl (C=O) groups excluding carboxylic acids is 1. The van der Waals surface area contributed by atoms with Crippen LogP contribution >= 0.6 is 0 Å². The molecule has 4 heteroatoms. The van der Waals surface area contributed by atoms with Crippen molar-refractivity contribution in [1.29, 1.82) is 0 Å². The van der Waals surface area contributed by atoms with Crippen LogP contribution < -0.4 is 5.73 Å². The minimum Gasteiger partial charge on any atom is -0.443 e. The van der Waals surface area contributed by atoms with Gasteiger partial charge in [-0.25, -0.2) is 4.98 Å². The summed E-state index contributed by atoms with van der Waals surface area (Å²) in [5.41, 5.74) is 7.52. The summed E-state index contributed by atoms with van der Waals surface area (Å²) in [5.74, 6) is -0.635. The smallest absolute Gasteiger partial charge is 0.224 e. The van der Waals surface area contributed by atoms with E-state index in [1.165, 1.54) is 6.39 Å². The van der Waals surface area contributed by atoms with E-state index < -0.39 is 0 Å². The molecule has 4 nitrogen and oxygen atoms in total. The highest BCUT2D eigenvalue weighted by molar-refractivity contribution is 5.83. The number of oxazole rings is 1. The van der Waals surface area contributed by atoms with Crippen molar-refractivity contribution in [2.75, 3.05) is 0 Å². The second kappa shape index (κ2) is 3.14. The molecule has 1 atom stereocenters. The molecule has 0 aliphatic rings. The van der Waals surface area contributed by atoms with Crippen LogP contribution in [0.4, 0.5) is 0 Å². The number of nitrogens with zero attached hydrogens (tertiary/aromatic N) is 1. The third-order valence-corrected chi connectivity index (χ3v) is 2.28. The largest absolute Gasteiger partial charge is 0.443 e. The molecule has 0 bridgehead atoms. The summed E-state index contributed by atoms with van der Waals surface area (Å²) >= 11 is 0. The van der Waals surface area contributed by atoms with E-state index in [2.05, 4.69) is 4.98 Å². The van der Waals surface area contributed by atoms with E-state index in [1.54, 1.807) is 13.0 Å². The average molecular weight is 190 g/mol. The maximum atomic E-state index is 11.0. The van der Waals surface area contributed by atoms with Crippen LogP contribution in [-0.2, 0) is 4.79 Å². The maximum Gasteiger partial charge on any atom is 0.224 e. The van der Waals surface area contributed by atoms with Gasteiger partial charge in [-0.3, -0.25) is 4.79 Å². The molecular weight excluding hydrogens is 180 g/mol. The molecule has 72 valence electrons. The minimum absolute atomic E-state index is 0.295. The lowest BCUT2D eigenvalue weighted by Gasteiger charge is -2.06. The van der Waals surface area contributed by atoms with Crippen LogP contribution in [0.25, 0.3) is 11.1 Å². The summed E-state index contributed by atoms with van der Waals surface area (Å²) in [5, 5.41) is 0. The molecule has 1 aromatic heterocycles. The highest BCUT2D eigenvalue weighted by Crippen LogP contribution is 2.20. The first-order valence-electron chi connectivity index (χ1n) is 4.31. The summed E-state index contributed by atoms with van der Waals surface area (Å²) in [6.07, 6.45) is 1.38. The number of nitrogens with two attached hydrogens (primary N) is 1. The predicted molar refractivity (Wildman–Crippen MR) is 51.6 cm³/mol. The monoisotopic (exact) mass is 190 g/mol. The van der Waals surface area contributed by atoms with Crippen molar-refractivity contribution in [3.63, 3.8) is 0 Å². The fraction of sp³-hybridized carbons (Fsp3) is 0.200. The molecule has 14 heavy (non-hydrogen) atoms. The number of hydrogen-bond donors (Lipinski definition) is 1. The maximum absolute atomic E-state index is 11.0. The second-order valence-electron chi connectivity index (χ2n) is 3.20. The van der Waals surface area contributed by atoms with Crippen LogP contribution in [-0.4, -0.2) is 10.9 Å². The molecule has 0 aliphatic heterocycles. The molecule has 1 aromatic carbocycles. The normalized spacial score (nSPS) is 12.9. The highest BCUT2D eigenvalue weighted by Gasteiger charge is 2.12.